The fourth-order valence-corrected chi connectivity index (χ4v) is 1.35. The van der Waals surface area contributed by atoms with Gasteiger partial charge in [0.2, 0.25) is 0 Å². The Hall–Kier alpha value is -1.17. The lowest BCUT2D eigenvalue weighted by Gasteiger charge is -2.40. The number of morpholine rings is 1. The Kier molecular flexibility index (Phi) is 3.05. The van der Waals surface area contributed by atoms with Crippen LogP contribution in [-0.4, -0.2) is 40.9 Å². The molecular formula is C8H14N2O4. The zero-order valence-corrected chi connectivity index (χ0v) is 8.27. The van der Waals surface area contributed by atoms with Gasteiger partial charge in [0.15, 0.2) is 0 Å². The molecule has 0 aromatic carbocycles. The van der Waals surface area contributed by atoms with Gasteiger partial charge < -0.3 is 9.84 Å². The van der Waals surface area contributed by atoms with Gasteiger partial charge in [-0.2, -0.15) is 0 Å². The van der Waals surface area contributed by atoms with Gasteiger partial charge in [0.1, 0.15) is 0 Å². The fraction of sp³-hybridized carbons (Fsp3) is 0.875. The van der Waals surface area contributed by atoms with E-state index in [2.05, 4.69) is 5.29 Å². The highest BCUT2D eigenvalue weighted by Crippen LogP contribution is 2.23. The van der Waals surface area contributed by atoms with Crippen molar-refractivity contribution < 1.29 is 14.6 Å². The van der Waals surface area contributed by atoms with Gasteiger partial charge in [-0.25, -0.2) is 0 Å². The number of aliphatic carboxylic acids is 1. The number of nitroso groups, excluding NO2 is 1. The van der Waals surface area contributed by atoms with Crippen LogP contribution in [0.2, 0.25) is 0 Å². The summed E-state index contributed by atoms with van der Waals surface area (Å²) in [7, 11) is 0. The lowest BCUT2D eigenvalue weighted by atomic mass is 10.0. The molecule has 1 N–H and O–H groups in total. The topological polar surface area (TPSA) is 79.2 Å². The third-order valence-corrected chi connectivity index (χ3v) is 2.25. The molecule has 1 atom stereocenters. The van der Waals surface area contributed by atoms with Crippen LogP contribution in [0.5, 0.6) is 0 Å². The minimum atomic E-state index is -0.930. The number of carboxylic acids is 1. The highest BCUT2D eigenvalue weighted by atomic mass is 16.5. The Bertz CT molecular complexity index is 241. The van der Waals surface area contributed by atoms with Crippen molar-refractivity contribution in [3.8, 4) is 0 Å². The highest BCUT2D eigenvalue weighted by Gasteiger charge is 2.36. The van der Waals surface area contributed by atoms with Gasteiger partial charge in [-0.1, -0.05) is 0 Å². The number of hydrogen-bond donors (Lipinski definition) is 1. The van der Waals surface area contributed by atoms with Gasteiger partial charge in [0.05, 0.1) is 36.5 Å². The van der Waals surface area contributed by atoms with E-state index in [1.807, 2.05) is 13.8 Å². The molecule has 6 heteroatoms. The molecule has 0 aromatic rings. The van der Waals surface area contributed by atoms with Gasteiger partial charge in [-0.05, 0) is 13.8 Å². The Morgan fingerprint density at radius 1 is 1.71 bits per heavy atom. The van der Waals surface area contributed by atoms with Gasteiger partial charge in [-0.15, -0.1) is 4.91 Å². The average Bonchev–Trinajstić information content (AvgIpc) is 2.07. The van der Waals surface area contributed by atoms with Gasteiger partial charge >= 0.3 is 5.97 Å². The number of carboxylic acid groups (broad SMARTS) is 1. The van der Waals surface area contributed by atoms with Crippen LogP contribution in [0.3, 0.4) is 0 Å². The molecule has 1 saturated heterocycles. The molecule has 0 amide bonds. The molecule has 1 unspecified atom stereocenters. The van der Waals surface area contributed by atoms with Crippen LogP contribution in [0.15, 0.2) is 5.29 Å². The molecule has 0 radical (unpaired) electrons. The predicted molar refractivity (Wildman–Crippen MR) is 48.6 cm³/mol. The largest absolute Gasteiger partial charge is 0.481 e. The van der Waals surface area contributed by atoms with Crippen molar-refractivity contribution in [2.45, 2.75) is 31.9 Å². The third kappa shape index (κ3) is 2.41. The monoisotopic (exact) mass is 202 g/mol. The van der Waals surface area contributed by atoms with Gasteiger partial charge in [0.25, 0.3) is 0 Å². The van der Waals surface area contributed by atoms with Crippen LogP contribution < -0.4 is 0 Å². The number of ether oxygens (including phenoxy) is 1. The van der Waals surface area contributed by atoms with E-state index in [1.165, 1.54) is 5.01 Å². The summed E-state index contributed by atoms with van der Waals surface area (Å²) in [6.45, 7) is 4.20. The number of hydrogen-bond acceptors (Lipinski definition) is 4. The molecular weight excluding hydrogens is 188 g/mol. The molecule has 6 nitrogen and oxygen atoms in total. The van der Waals surface area contributed by atoms with Crippen LogP contribution >= 0.6 is 0 Å². The third-order valence-electron chi connectivity index (χ3n) is 2.25. The minimum Gasteiger partial charge on any atom is -0.481 e. The minimum absolute atomic E-state index is 0.0951. The second-order valence-electron chi connectivity index (χ2n) is 4.01. The quantitative estimate of drug-likeness (QED) is 0.679. The SMILES string of the molecule is CC1(C)COC(CC(=O)O)CN1N=O. The second-order valence-corrected chi connectivity index (χ2v) is 4.01. The van der Waals surface area contributed by atoms with E-state index in [9.17, 15) is 9.70 Å². The molecule has 0 saturated carbocycles. The van der Waals surface area contributed by atoms with Crippen molar-refractivity contribution in [2.24, 2.45) is 5.29 Å². The van der Waals surface area contributed by atoms with Gasteiger partial charge in [-0.3, -0.25) is 9.80 Å². The Morgan fingerprint density at radius 2 is 2.36 bits per heavy atom. The molecule has 14 heavy (non-hydrogen) atoms. The summed E-state index contributed by atoms with van der Waals surface area (Å²) in [5, 5.41) is 12.8. The molecule has 0 bridgehead atoms. The number of rotatable bonds is 3. The predicted octanol–water partition coefficient (Wildman–Crippen LogP) is 0.622. The van der Waals surface area contributed by atoms with Crippen molar-refractivity contribution >= 4 is 5.97 Å². The summed E-state index contributed by atoms with van der Waals surface area (Å²) in [6.07, 6.45) is -0.541. The van der Waals surface area contributed by atoms with Crippen LogP contribution in [0, 0.1) is 4.91 Å². The number of carbonyl (C=O) groups is 1. The normalized spacial score (nSPS) is 25.9. The lowest BCUT2D eigenvalue weighted by molar-refractivity contribution is -0.147. The summed E-state index contributed by atoms with van der Waals surface area (Å²) < 4.78 is 5.31. The Balaban J connectivity index is 2.57. The lowest BCUT2D eigenvalue weighted by Crippen LogP contribution is -2.53. The van der Waals surface area contributed by atoms with Crippen LogP contribution in [0.4, 0.5) is 0 Å². The van der Waals surface area contributed by atoms with Crippen LogP contribution in [0.1, 0.15) is 20.3 Å². The first-order valence-corrected chi connectivity index (χ1v) is 4.40. The smallest absolute Gasteiger partial charge is 0.306 e. The summed E-state index contributed by atoms with van der Waals surface area (Å²) >= 11 is 0. The summed E-state index contributed by atoms with van der Waals surface area (Å²) in [4.78, 5) is 20.9. The van der Waals surface area contributed by atoms with Crippen molar-refractivity contribution in [1.82, 2.24) is 5.01 Å². The first-order valence-electron chi connectivity index (χ1n) is 4.40. The summed E-state index contributed by atoms with van der Waals surface area (Å²) in [6, 6.07) is 0. The average molecular weight is 202 g/mol. The molecule has 0 aliphatic carbocycles. The molecule has 0 aromatic heterocycles. The molecule has 80 valence electrons. The van der Waals surface area contributed by atoms with Crippen molar-refractivity contribution in [3.05, 3.63) is 4.91 Å². The van der Waals surface area contributed by atoms with E-state index in [0.717, 1.165) is 0 Å². The highest BCUT2D eigenvalue weighted by molar-refractivity contribution is 5.67. The molecule has 1 heterocycles. The van der Waals surface area contributed by atoms with Crippen molar-refractivity contribution in [2.75, 3.05) is 13.2 Å². The Labute approximate surface area is 81.8 Å². The molecule has 1 aliphatic heterocycles. The molecule has 1 rings (SSSR count). The zero-order chi connectivity index (χ0) is 10.8. The maximum Gasteiger partial charge on any atom is 0.306 e. The fourth-order valence-electron chi connectivity index (χ4n) is 1.35. The van der Waals surface area contributed by atoms with E-state index in [1.54, 1.807) is 0 Å². The maximum absolute atomic E-state index is 10.5. The van der Waals surface area contributed by atoms with Crippen molar-refractivity contribution in [3.63, 3.8) is 0 Å². The Morgan fingerprint density at radius 3 is 2.86 bits per heavy atom. The summed E-state index contributed by atoms with van der Waals surface area (Å²) in [5.74, 6) is -0.930. The molecule has 0 spiro atoms. The van der Waals surface area contributed by atoms with Crippen LogP contribution in [-0.2, 0) is 9.53 Å². The van der Waals surface area contributed by atoms with Crippen molar-refractivity contribution in [1.29, 1.82) is 0 Å². The van der Waals surface area contributed by atoms with E-state index < -0.39 is 17.6 Å². The first kappa shape index (κ1) is 10.9. The van der Waals surface area contributed by atoms with E-state index in [-0.39, 0.29) is 13.0 Å². The first-order chi connectivity index (χ1) is 6.45. The summed E-state index contributed by atoms with van der Waals surface area (Å²) in [5.41, 5.74) is -0.448. The van der Waals surface area contributed by atoms with Crippen LogP contribution in [0.25, 0.3) is 0 Å². The molecule has 1 fully saturated rings. The maximum atomic E-state index is 10.5. The van der Waals surface area contributed by atoms with E-state index in [4.69, 9.17) is 9.84 Å². The second kappa shape index (κ2) is 3.91. The zero-order valence-electron chi connectivity index (χ0n) is 8.27. The van der Waals surface area contributed by atoms with E-state index in [0.29, 0.717) is 6.61 Å². The standard InChI is InChI=1S/C8H14N2O4/c1-8(2)5-14-6(3-7(11)12)4-10(8)9-13/h6H,3-5H2,1-2H3,(H,11,12). The van der Waals surface area contributed by atoms with Gasteiger partial charge in [0, 0.05) is 0 Å². The van der Waals surface area contributed by atoms with E-state index >= 15 is 0 Å². The number of nitrogens with zero attached hydrogens (tertiary/aromatic N) is 2. The molecule has 1 aliphatic rings.